The molecule has 0 aliphatic rings. The number of carbonyl (C=O) groups is 3. The quantitative estimate of drug-likeness (QED) is 0.394. The predicted octanol–water partition coefficient (Wildman–Crippen LogP) is 2.91. The normalized spacial score (nSPS) is 11.5. The highest BCUT2D eigenvalue weighted by Crippen LogP contribution is 2.21. The summed E-state index contributed by atoms with van der Waals surface area (Å²) in [5.74, 6) is -3.02. The zero-order chi connectivity index (χ0) is 27.1. The molecule has 1 unspecified atom stereocenters. The molecule has 3 aromatic rings. The van der Waals surface area contributed by atoms with Crippen molar-refractivity contribution in [2.24, 2.45) is 0 Å². The number of esters is 1. The van der Waals surface area contributed by atoms with Crippen molar-refractivity contribution in [3.05, 3.63) is 64.6 Å². The summed E-state index contributed by atoms with van der Waals surface area (Å²) in [5.41, 5.74) is -0.218. The van der Waals surface area contributed by atoms with Crippen LogP contribution >= 0.6 is 11.6 Å². The maximum Gasteiger partial charge on any atom is 0.417 e. The lowest BCUT2D eigenvalue weighted by atomic mass is 10.2. The fourth-order valence-electron chi connectivity index (χ4n) is 2.93. The zero-order valence-electron chi connectivity index (χ0n) is 19.9. The van der Waals surface area contributed by atoms with Gasteiger partial charge in [-0.1, -0.05) is 17.7 Å². The van der Waals surface area contributed by atoms with Crippen LogP contribution in [-0.4, -0.2) is 58.6 Å². The molecule has 196 valence electrons. The highest BCUT2D eigenvalue weighted by molar-refractivity contribution is 6.32. The molecule has 0 bridgehead atoms. The Morgan fingerprint density at radius 2 is 1.97 bits per heavy atom. The number of nitrogens with one attached hydrogen (secondary N) is 2. The second-order valence-electron chi connectivity index (χ2n) is 7.46. The van der Waals surface area contributed by atoms with E-state index in [2.05, 4.69) is 25.8 Å². The van der Waals surface area contributed by atoms with E-state index in [0.717, 1.165) is 21.8 Å². The molecule has 1 aromatic carbocycles. The van der Waals surface area contributed by atoms with Gasteiger partial charge in [-0.25, -0.2) is 18.6 Å². The van der Waals surface area contributed by atoms with Crippen molar-refractivity contribution in [3.8, 4) is 0 Å². The Labute approximate surface area is 214 Å². The SMILES string of the molecule is CNCC(=O)OCc1cccnc1N(C)C(=O)OC(C)n1nc(Cl)c(C(=O)Nc2ccc(F)cc2F)n1. The molecular formula is C22H22ClF2N7O5. The summed E-state index contributed by atoms with van der Waals surface area (Å²) in [4.78, 5) is 43.0. The van der Waals surface area contributed by atoms with E-state index < -0.39 is 35.8 Å². The Kier molecular flexibility index (Phi) is 9.03. The van der Waals surface area contributed by atoms with Gasteiger partial charge in [0, 0.05) is 24.9 Å². The molecule has 0 saturated carbocycles. The number of hydrogen-bond donors (Lipinski definition) is 2. The monoisotopic (exact) mass is 537 g/mol. The minimum Gasteiger partial charge on any atom is -0.460 e. The molecule has 0 saturated heterocycles. The van der Waals surface area contributed by atoms with Gasteiger partial charge in [0.1, 0.15) is 24.1 Å². The van der Waals surface area contributed by atoms with Crippen molar-refractivity contribution >= 4 is 41.1 Å². The summed E-state index contributed by atoms with van der Waals surface area (Å²) in [5, 5.41) is 12.3. The number of halogens is 3. The van der Waals surface area contributed by atoms with E-state index in [9.17, 15) is 23.2 Å². The number of anilines is 2. The van der Waals surface area contributed by atoms with Crippen LogP contribution in [0.1, 0.15) is 29.2 Å². The van der Waals surface area contributed by atoms with Crippen molar-refractivity contribution in [3.63, 3.8) is 0 Å². The molecule has 0 aliphatic heterocycles. The summed E-state index contributed by atoms with van der Waals surface area (Å²) in [7, 11) is 3.00. The molecule has 3 rings (SSSR count). The minimum atomic E-state index is -1.13. The average molecular weight is 538 g/mol. The van der Waals surface area contributed by atoms with Crippen molar-refractivity contribution < 1.29 is 32.6 Å². The third kappa shape index (κ3) is 6.95. The second kappa shape index (κ2) is 12.2. The molecule has 1 atom stereocenters. The highest BCUT2D eigenvalue weighted by Gasteiger charge is 2.25. The zero-order valence-corrected chi connectivity index (χ0v) is 20.6. The number of nitrogens with zero attached hydrogens (tertiary/aromatic N) is 5. The fourth-order valence-corrected chi connectivity index (χ4v) is 3.14. The van der Waals surface area contributed by atoms with E-state index >= 15 is 0 Å². The maximum atomic E-state index is 13.8. The van der Waals surface area contributed by atoms with Crippen LogP contribution in [0.5, 0.6) is 0 Å². The number of amides is 2. The standard InChI is InChI=1S/C22H22ClF2N7O5/c1-12(32-29-18(19(23)30-32)21(34)28-16-7-6-14(24)9-15(16)25)37-22(35)31(3)20-13(5-4-8-27-20)11-36-17(33)10-26-2/h4-9,12,26H,10-11H2,1-3H3,(H,28,34). The van der Waals surface area contributed by atoms with Crippen LogP contribution in [-0.2, 0) is 20.9 Å². The van der Waals surface area contributed by atoms with Gasteiger partial charge in [-0.3, -0.25) is 14.5 Å². The summed E-state index contributed by atoms with van der Waals surface area (Å²) in [6, 6.07) is 5.85. The molecule has 37 heavy (non-hydrogen) atoms. The fraction of sp³-hybridized carbons (Fsp3) is 0.273. The van der Waals surface area contributed by atoms with E-state index in [1.807, 2.05) is 0 Å². The van der Waals surface area contributed by atoms with E-state index in [0.29, 0.717) is 11.6 Å². The molecule has 2 heterocycles. The van der Waals surface area contributed by atoms with Gasteiger partial charge in [-0.05, 0) is 32.2 Å². The number of ether oxygens (including phenoxy) is 2. The lowest BCUT2D eigenvalue weighted by Gasteiger charge is -2.21. The van der Waals surface area contributed by atoms with Crippen LogP contribution < -0.4 is 15.5 Å². The Morgan fingerprint density at radius 3 is 2.68 bits per heavy atom. The molecule has 0 spiro atoms. The van der Waals surface area contributed by atoms with Crippen LogP contribution in [0.3, 0.4) is 0 Å². The first-order valence-corrected chi connectivity index (χ1v) is 11.1. The molecule has 0 aliphatic carbocycles. The summed E-state index contributed by atoms with van der Waals surface area (Å²) in [6.07, 6.45) is -0.538. The average Bonchev–Trinajstić information content (AvgIpc) is 3.26. The van der Waals surface area contributed by atoms with Gasteiger partial charge in [0.15, 0.2) is 10.8 Å². The largest absolute Gasteiger partial charge is 0.460 e. The maximum absolute atomic E-state index is 13.8. The lowest BCUT2D eigenvalue weighted by molar-refractivity contribution is -0.143. The number of rotatable bonds is 9. The topological polar surface area (TPSA) is 141 Å². The van der Waals surface area contributed by atoms with Crippen LogP contribution in [0.4, 0.5) is 25.1 Å². The smallest absolute Gasteiger partial charge is 0.417 e. The van der Waals surface area contributed by atoms with Gasteiger partial charge >= 0.3 is 12.1 Å². The van der Waals surface area contributed by atoms with Crippen LogP contribution in [0.2, 0.25) is 5.15 Å². The van der Waals surface area contributed by atoms with Crippen molar-refractivity contribution in [1.82, 2.24) is 25.3 Å². The van der Waals surface area contributed by atoms with E-state index in [1.165, 1.54) is 20.2 Å². The number of likely N-dealkylation sites (N-methyl/N-ethyl adjacent to an activating group) is 1. The Hall–Kier alpha value is -4.17. The molecule has 0 fully saturated rings. The number of hydrogen-bond acceptors (Lipinski definition) is 9. The third-order valence-corrected chi connectivity index (χ3v) is 5.00. The highest BCUT2D eigenvalue weighted by atomic mass is 35.5. The van der Waals surface area contributed by atoms with Gasteiger partial charge in [-0.15, -0.1) is 15.0 Å². The van der Waals surface area contributed by atoms with Crippen molar-refractivity contribution in [2.75, 3.05) is 30.9 Å². The summed E-state index contributed by atoms with van der Waals surface area (Å²) < 4.78 is 37.4. The molecule has 2 aromatic heterocycles. The Morgan fingerprint density at radius 1 is 1.22 bits per heavy atom. The molecule has 12 nitrogen and oxygen atoms in total. The molecule has 2 N–H and O–H groups in total. The third-order valence-electron chi connectivity index (χ3n) is 4.75. The van der Waals surface area contributed by atoms with E-state index in [1.54, 1.807) is 19.2 Å². The molecular weight excluding hydrogens is 516 g/mol. The number of aromatic nitrogens is 4. The lowest BCUT2D eigenvalue weighted by Crippen LogP contribution is -2.31. The first-order chi connectivity index (χ1) is 17.6. The van der Waals surface area contributed by atoms with Gasteiger partial charge < -0.3 is 20.1 Å². The van der Waals surface area contributed by atoms with Crippen LogP contribution in [0.15, 0.2) is 36.5 Å². The number of pyridine rings is 1. The first-order valence-electron chi connectivity index (χ1n) is 10.7. The summed E-state index contributed by atoms with van der Waals surface area (Å²) >= 11 is 6.00. The first kappa shape index (κ1) is 27.4. The minimum absolute atomic E-state index is 0.0171. The summed E-state index contributed by atoms with van der Waals surface area (Å²) in [6.45, 7) is 1.31. The van der Waals surface area contributed by atoms with Gasteiger partial charge in [-0.2, -0.15) is 0 Å². The van der Waals surface area contributed by atoms with E-state index in [4.69, 9.17) is 21.1 Å². The van der Waals surface area contributed by atoms with Crippen molar-refractivity contribution in [1.29, 1.82) is 0 Å². The van der Waals surface area contributed by atoms with Gasteiger partial charge in [0.2, 0.25) is 6.23 Å². The second-order valence-corrected chi connectivity index (χ2v) is 7.82. The molecule has 2 amide bonds. The van der Waals surface area contributed by atoms with Gasteiger partial charge in [0.25, 0.3) is 5.91 Å². The van der Waals surface area contributed by atoms with E-state index in [-0.39, 0.29) is 35.5 Å². The number of benzene rings is 1. The van der Waals surface area contributed by atoms with Crippen molar-refractivity contribution in [2.45, 2.75) is 19.8 Å². The van der Waals surface area contributed by atoms with Gasteiger partial charge in [0.05, 0.1) is 12.2 Å². The molecule has 0 radical (unpaired) electrons. The van der Waals surface area contributed by atoms with Crippen LogP contribution in [0, 0.1) is 11.6 Å². The molecule has 15 heteroatoms. The Bertz CT molecular complexity index is 1310. The van der Waals surface area contributed by atoms with Crippen LogP contribution in [0.25, 0.3) is 0 Å². The predicted molar refractivity (Wildman–Crippen MR) is 127 cm³/mol. The Balaban J connectivity index is 1.68. The number of carbonyl (C=O) groups excluding carboxylic acids is 3.